The average molecular weight is 267 g/mol. The Morgan fingerprint density at radius 2 is 2.26 bits per heavy atom. The van der Waals surface area contributed by atoms with Crippen LogP contribution in [0.1, 0.15) is 12.5 Å². The van der Waals surface area contributed by atoms with Gasteiger partial charge in [-0.1, -0.05) is 12.1 Å². The highest BCUT2D eigenvalue weighted by molar-refractivity contribution is 5.87. The molecule has 0 bridgehead atoms. The van der Waals surface area contributed by atoms with Crippen molar-refractivity contribution in [1.29, 1.82) is 0 Å². The number of likely N-dealkylation sites (N-methyl/N-ethyl adjacent to an activating group) is 1. The van der Waals surface area contributed by atoms with E-state index in [9.17, 15) is 9.18 Å². The summed E-state index contributed by atoms with van der Waals surface area (Å²) in [7, 11) is 1.75. The fourth-order valence-corrected chi connectivity index (χ4v) is 1.69. The van der Waals surface area contributed by atoms with E-state index >= 15 is 0 Å². The molecule has 0 aliphatic heterocycles. The van der Waals surface area contributed by atoms with Crippen molar-refractivity contribution in [3.63, 3.8) is 0 Å². The Labute approximate surface area is 112 Å². The SMILES string of the molecule is CCOCCN(C)c1c(F)cccc1/C=C/C(=O)O. The van der Waals surface area contributed by atoms with E-state index in [-0.39, 0.29) is 5.82 Å². The Morgan fingerprint density at radius 1 is 1.53 bits per heavy atom. The first kappa shape index (κ1) is 15.2. The lowest BCUT2D eigenvalue weighted by Gasteiger charge is -2.21. The molecule has 104 valence electrons. The average Bonchev–Trinajstić information content (AvgIpc) is 2.36. The van der Waals surface area contributed by atoms with E-state index in [2.05, 4.69) is 0 Å². The highest BCUT2D eigenvalue weighted by Crippen LogP contribution is 2.24. The van der Waals surface area contributed by atoms with Gasteiger partial charge >= 0.3 is 5.97 Å². The monoisotopic (exact) mass is 267 g/mol. The van der Waals surface area contributed by atoms with Crippen molar-refractivity contribution in [1.82, 2.24) is 0 Å². The van der Waals surface area contributed by atoms with Crippen LogP contribution in [0.4, 0.5) is 10.1 Å². The zero-order valence-electron chi connectivity index (χ0n) is 11.1. The first-order valence-corrected chi connectivity index (χ1v) is 6.04. The Balaban J connectivity index is 2.93. The maximum Gasteiger partial charge on any atom is 0.328 e. The molecule has 0 aliphatic carbocycles. The third kappa shape index (κ3) is 4.71. The maximum absolute atomic E-state index is 13.9. The molecule has 4 nitrogen and oxygen atoms in total. The zero-order valence-corrected chi connectivity index (χ0v) is 11.1. The zero-order chi connectivity index (χ0) is 14.3. The summed E-state index contributed by atoms with van der Waals surface area (Å²) in [4.78, 5) is 12.3. The lowest BCUT2D eigenvalue weighted by Crippen LogP contribution is -2.24. The van der Waals surface area contributed by atoms with Crippen molar-refractivity contribution in [2.75, 3.05) is 31.7 Å². The van der Waals surface area contributed by atoms with Gasteiger partial charge < -0.3 is 14.7 Å². The van der Waals surface area contributed by atoms with Crippen molar-refractivity contribution in [2.45, 2.75) is 6.92 Å². The summed E-state index contributed by atoms with van der Waals surface area (Å²) in [6, 6.07) is 4.58. The number of nitrogens with zero attached hydrogens (tertiary/aromatic N) is 1. The summed E-state index contributed by atoms with van der Waals surface area (Å²) in [5.74, 6) is -1.45. The minimum atomic E-state index is -1.06. The van der Waals surface area contributed by atoms with E-state index in [1.807, 2.05) is 6.92 Å². The molecular formula is C14H18FNO3. The number of para-hydroxylation sites is 1. The number of anilines is 1. The van der Waals surface area contributed by atoms with Gasteiger partial charge in [0.05, 0.1) is 12.3 Å². The quantitative estimate of drug-likeness (QED) is 0.609. The minimum Gasteiger partial charge on any atom is -0.478 e. The molecule has 0 saturated carbocycles. The summed E-state index contributed by atoms with van der Waals surface area (Å²) < 4.78 is 19.1. The summed E-state index contributed by atoms with van der Waals surface area (Å²) in [5.41, 5.74) is 0.904. The van der Waals surface area contributed by atoms with Crippen LogP contribution in [0.3, 0.4) is 0 Å². The molecule has 0 aromatic heterocycles. The molecule has 19 heavy (non-hydrogen) atoms. The van der Waals surface area contributed by atoms with Crippen molar-refractivity contribution in [2.24, 2.45) is 0 Å². The van der Waals surface area contributed by atoms with Crippen LogP contribution >= 0.6 is 0 Å². The third-order valence-electron chi connectivity index (χ3n) is 2.58. The minimum absolute atomic E-state index is 0.375. The second-order valence-electron chi connectivity index (χ2n) is 3.97. The largest absolute Gasteiger partial charge is 0.478 e. The van der Waals surface area contributed by atoms with Gasteiger partial charge in [-0.15, -0.1) is 0 Å². The van der Waals surface area contributed by atoms with Crippen LogP contribution in [0.5, 0.6) is 0 Å². The molecule has 1 aromatic rings. The normalized spacial score (nSPS) is 10.9. The van der Waals surface area contributed by atoms with Crippen LogP contribution < -0.4 is 4.90 Å². The van der Waals surface area contributed by atoms with Gasteiger partial charge in [0.1, 0.15) is 5.82 Å². The lowest BCUT2D eigenvalue weighted by molar-refractivity contribution is -0.131. The number of rotatable bonds is 7. The summed E-state index contributed by atoms with van der Waals surface area (Å²) in [5, 5.41) is 8.63. The molecule has 0 heterocycles. The summed E-state index contributed by atoms with van der Waals surface area (Å²) >= 11 is 0. The molecule has 1 rings (SSSR count). The predicted octanol–water partition coefficient (Wildman–Crippen LogP) is 2.40. The van der Waals surface area contributed by atoms with Gasteiger partial charge in [0, 0.05) is 31.8 Å². The van der Waals surface area contributed by atoms with E-state index in [1.54, 1.807) is 24.1 Å². The van der Waals surface area contributed by atoms with Crippen LogP contribution in [-0.2, 0) is 9.53 Å². The van der Waals surface area contributed by atoms with Crippen LogP contribution in [0.25, 0.3) is 6.08 Å². The van der Waals surface area contributed by atoms with E-state index in [0.29, 0.717) is 31.0 Å². The van der Waals surface area contributed by atoms with E-state index in [0.717, 1.165) is 6.08 Å². The molecule has 0 atom stereocenters. The number of ether oxygens (including phenoxy) is 1. The van der Waals surface area contributed by atoms with Crippen molar-refractivity contribution in [3.05, 3.63) is 35.7 Å². The van der Waals surface area contributed by atoms with Crippen LogP contribution in [0.2, 0.25) is 0 Å². The van der Waals surface area contributed by atoms with Crippen LogP contribution in [0.15, 0.2) is 24.3 Å². The molecule has 0 aliphatic rings. The van der Waals surface area contributed by atoms with Gasteiger partial charge in [0.25, 0.3) is 0 Å². The highest BCUT2D eigenvalue weighted by Gasteiger charge is 2.11. The third-order valence-corrected chi connectivity index (χ3v) is 2.58. The van der Waals surface area contributed by atoms with Crippen molar-refractivity contribution >= 4 is 17.7 Å². The highest BCUT2D eigenvalue weighted by atomic mass is 19.1. The van der Waals surface area contributed by atoms with Gasteiger partial charge in [-0.3, -0.25) is 0 Å². The second kappa shape index (κ2) is 7.53. The molecule has 0 fully saturated rings. The number of hydrogen-bond acceptors (Lipinski definition) is 3. The Hall–Kier alpha value is -1.88. The number of carboxylic acid groups (broad SMARTS) is 1. The van der Waals surface area contributed by atoms with Crippen molar-refractivity contribution < 1.29 is 19.0 Å². The van der Waals surface area contributed by atoms with Gasteiger partial charge in [-0.05, 0) is 19.1 Å². The second-order valence-corrected chi connectivity index (χ2v) is 3.97. The molecule has 0 unspecified atom stereocenters. The van der Waals surface area contributed by atoms with Crippen molar-refractivity contribution in [3.8, 4) is 0 Å². The first-order valence-electron chi connectivity index (χ1n) is 6.04. The summed E-state index contributed by atoms with van der Waals surface area (Å²) in [6.07, 6.45) is 2.38. The van der Waals surface area contributed by atoms with Crippen LogP contribution in [0, 0.1) is 5.82 Å². The molecule has 0 saturated heterocycles. The van der Waals surface area contributed by atoms with Gasteiger partial charge in [0.2, 0.25) is 0 Å². The van der Waals surface area contributed by atoms with Crippen LogP contribution in [-0.4, -0.2) is 37.9 Å². The standard InChI is InChI=1S/C14H18FNO3/c1-3-19-10-9-16(2)14-11(7-8-13(17)18)5-4-6-12(14)15/h4-8H,3,9-10H2,1-2H3,(H,17,18)/b8-7+. The lowest BCUT2D eigenvalue weighted by atomic mass is 10.1. The number of halogens is 1. The fraction of sp³-hybridized carbons (Fsp3) is 0.357. The molecular weight excluding hydrogens is 249 g/mol. The molecule has 1 aromatic carbocycles. The first-order chi connectivity index (χ1) is 9.06. The maximum atomic E-state index is 13.9. The number of benzene rings is 1. The molecule has 1 N–H and O–H groups in total. The molecule has 0 amide bonds. The van der Waals surface area contributed by atoms with Gasteiger partial charge in [-0.2, -0.15) is 0 Å². The summed E-state index contributed by atoms with van der Waals surface area (Å²) in [6.45, 7) is 3.52. The Kier molecular flexibility index (Phi) is 6.02. The number of carboxylic acids is 1. The smallest absolute Gasteiger partial charge is 0.328 e. The molecule has 5 heteroatoms. The van der Waals surface area contributed by atoms with E-state index < -0.39 is 5.97 Å². The van der Waals surface area contributed by atoms with Gasteiger partial charge in [-0.25, -0.2) is 9.18 Å². The Bertz CT molecular complexity index is 460. The fourth-order valence-electron chi connectivity index (χ4n) is 1.69. The topological polar surface area (TPSA) is 49.8 Å². The van der Waals surface area contributed by atoms with E-state index in [4.69, 9.17) is 9.84 Å². The predicted molar refractivity (Wildman–Crippen MR) is 72.8 cm³/mol. The number of hydrogen-bond donors (Lipinski definition) is 1. The van der Waals surface area contributed by atoms with Gasteiger partial charge in [0.15, 0.2) is 0 Å². The molecule has 0 spiro atoms. The Morgan fingerprint density at radius 3 is 2.89 bits per heavy atom. The molecule has 0 radical (unpaired) electrons. The number of carbonyl (C=O) groups is 1. The van der Waals surface area contributed by atoms with E-state index in [1.165, 1.54) is 12.1 Å². The number of aliphatic carboxylic acids is 1.